The smallest absolute Gasteiger partial charge is 0.181 e. The molecular formula is C27H23N5S. The zero-order chi connectivity index (χ0) is 22.0. The van der Waals surface area contributed by atoms with Gasteiger partial charge in [0.25, 0.3) is 0 Å². The van der Waals surface area contributed by atoms with Gasteiger partial charge in [-0.25, -0.2) is 9.97 Å². The van der Waals surface area contributed by atoms with Gasteiger partial charge in [-0.05, 0) is 29.8 Å². The summed E-state index contributed by atoms with van der Waals surface area (Å²) in [5.41, 5.74) is 4.48. The summed E-state index contributed by atoms with van der Waals surface area (Å²) in [6.07, 6.45) is 1.80. The lowest BCUT2D eigenvalue weighted by atomic mass is 10.1. The molecule has 5 nitrogen and oxygen atoms in total. The number of nitrogens with zero attached hydrogens (tertiary/aromatic N) is 5. The average Bonchev–Trinajstić information content (AvgIpc) is 3.34. The number of anilines is 2. The maximum absolute atomic E-state index is 5.09. The van der Waals surface area contributed by atoms with E-state index in [1.807, 2.05) is 18.2 Å². The van der Waals surface area contributed by atoms with Crippen LogP contribution in [0.1, 0.15) is 0 Å². The van der Waals surface area contributed by atoms with Crippen molar-refractivity contribution in [2.45, 2.75) is 0 Å². The highest BCUT2D eigenvalue weighted by molar-refractivity contribution is 7.17. The molecule has 0 bridgehead atoms. The highest BCUT2D eigenvalue weighted by Crippen LogP contribution is 2.39. The third-order valence-corrected chi connectivity index (χ3v) is 6.97. The summed E-state index contributed by atoms with van der Waals surface area (Å²) in [7, 11) is 0. The predicted octanol–water partition coefficient (Wildman–Crippen LogP) is 5.75. The summed E-state index contributed by atoms with van der Waals surface area (Å²) in [6, 6.07) is 27.1. The number of aromatic nitrogens is 3. The van der Waals surface area contributed by atoms with E-state index < -0.39 is 0 Å². The molecule has 6 rings (SSSR count). The summed E-state index contributed by atoms with van der Waals surface area (Å²) >= 11 is 1.68. The molecule has 0 atom stereocenters. The van der Waals surface area contributed by atoms with E-state index in [0.717, 1.165) is 47.9 Å². The summed E-state index contributed by atoms with van der Waals surface area (Å²) in [6.45, 7) is 3.73. The van der Waals surface area contributed by atoms with Gasteiger partial charge in [0, 0.05) is 49.0 Å². The van der Waals surface area contributed by atoms with Crippen molar-refractivity contribution in [1.82, 2.24) is 15.0 Å². The van der Waals surface area contributed by atoms with Crippen LogP contribution in [0, 0.1) is 0 Å². The molecule has 2 aromatic carbocycles. The zero-order valence-electron chi connectivity index (χ0n) is 18.1. The first-order valence-electron chi connectivity index (χ1n) is 11.2. The second kappa shape index (κ2) is 8.64. The van der Waals surface area contributed by atoms with Gasteiger partial charge < -0.3 is 9.80 Å². The van der Waals surface area contributed by atoms with Crippen LogP contribution in [-0.4, -0.2) is 41.1 Å². The summed E-state index contributed by atoms with van der Waals surface area (Å²) < 4.78 is 0. The van der Waals surface area contributed by atoms with Crippen molar-refractivity contribution in [2.75, 3.05) is 36.0 Å². The highest BCUT2D eigenvalue weighted by atomic mass is 32.1. The molecule has 33 heavy (non-hydrogen) atoms. The van der Waals surface area contributed by atoms with Gasteiger partial charge in [0.15, 0.2) is 5.82 Å². The molecule has 1 fully saturated rings. The molecule has 0 N–H and O–H groups in total. The van der Waals surface area contributed by atoms with Crippen molar-refractivity contribution >= 4 is 33.1 Å². The quantitative estimate of drug-likeness (QED) is 0.350. The van der Waals surface area contributed by atoms with Gasteiger partial charge in [-0.15, -0.1) is 11.3 Å². The Morgan fingerprint density at radius 3 is 2.12 bits per heavy atom. The van der Waals surface area contributed by atoms with E-state index in [1.165, 1.54) is 16.8 Å². The van der Waals surface area contributed by atoms with E-state index in [1.54, 1.807) is 17.5 Å². The van der Waals surface area contributed by atoms with Crippen LogP contribution in [-0.2, 0) is 0 Å². The molecule has 162 valence electrons. The molecule has 3 aromatic heterocycles. The molecule has 0 amide bonds. The Morgan fingerprint density at radius 1 is 0.697 bits per heavy atom. The lowest BCUT2D eigenvalue weighted by molar-refractivity contribution is 0.649. The molecule has 0 spiro atoms. The molecule has 1 aliphatic heterocycles. The van der Waals surface area contributed by atoms with Crippen molar-refractivity contribution in [3.05, 3.63) is 90.4 Å². The first kappa shape index (κ1) is 19.9. The Balaban J connectivity index is 1.43. The van der Waals surface area contributed by atoms with Gasteiger partial charge in [0.1, 0.15) is 16.3 Å². The molecule has 0 aliphatic carbocycles. The minimum atomic E-state index is 0.685. The van der Waals surface area contributed by atoms with E-state index in [-0.39, 0.29) is 0 Å². The third kappa shape index (κ3) is 3.83. The number of fused-ring (bicyclic) bond motifs is 1. The summed E-state index contributed by atoms with van der Waals surface area (Å²) in [5, 5.41) is 3.35. The number of para-hydroxylation sites is 1. The molecule has 6 heteroatoms. The van der Waals surface area contributed by atoms with Gasteiger partial charge in [0.05, 0.1) is 5.39 Å². The molecule has 1 aliphatic rings. The van der Waals surface area contributed by atoms with Crippen LogP contribution in [0.5, 0.6) is 0 Å². The predicted molar refractivity (Wildman–Crippen MR) is 137 cm³/mol. The van der Waals surface area contributed by atoms with Crippen LogP contribution >= 0.6 is 11.3 Å². The standard InChI is InChI=1S/C27H23N5S/c1-3-9-20(10-4-1)22-19-33-27-24(22)26(29-25(30-27)23-13-7-8-14-28-23)32-17-15-31(16-18-32)21-11-5-2-6-12-21/h1-14,19H,15-18H2. The molecular weight excluding hydrogens is 426 g/mol. The molecule has 5 aromatic rings. The lowest BCUT2D eigenvalue weighted by Crippen LogP contribution is -2.47. The fourth-order valence-electron chi connectivity index (χ4n) is 4.41. The van der Waals surface area contributed by atoms with Crippen LogP contribution < -0.4 is 9.80 Å². The molecule has 0 radical (unpaired) electrons. The molecule has 4 heterocycles. The topological polar surface area (TPSA) is 45.2 Å². The van der Waals surface area contributed by atoms with Crippen molar-refractivity contribution < 1.29 is 0 Å². The van der Waals surface area contributed by atoms with E-state index >= 15 is 0 Å². The largest absolute Gasteiger partial charge is 0.368 e. The highest BCUT2D eigenvalue weighted by Gasteiger charge is 2.24. The van der Waals surface area contributed by atoms with Crippen LogP contribution in [0.2, 0.25) is 0 Å². The molecule has 1 saturated heterocycles. The normalized spacial score (nSPS) is 14.1. The van der Waals surface area contributed by atoms with Crippen molar-refractivity contribution in [1.29, 1.82) is 0 Å². The van der Waals surface area contributed by atoms with Gasteiger partial charge in [-0.3, -0.25) is 4.98 Å². The van der Waals surface area contributed by atoms with E-state index in [2.05, 4.69) is 80.8 Å². The Hall–Kier alpha value is -3.77. The number of hydrogen-bond donors (Lipinski definition) is 0. The maximum atomic E-state index is 5.09. The fraction of sp³-hybridized carbons (Fsp3) is 0.148. The number of rotatable bonds is 4. The maximum Gasteiger partial charge on any atom is 0.181 e. The molecule has 0 saturated carbocycles. The van der Waals surface area contributed by atoms with Gasteiger partial charge >= 0.3 is 0 Å². The zero-order valence-corrected chi connectivity index (χ0v) is 18.9. The first-order valence-corrected chi connectivity index (χ1v) is 12.1. The number of piperazine rings is 1. The van der Waals surface area contributed by atoms with Gasteiger partial charge in [-0.2, -0.15) is 0 Å². The number of pyridine rings is 1. The van der Waals surface area contributed by atoms with Crippen LogP contribution in [0.3, 0.4) is 0 Å². The second-order valence-corrected chi connectivity index (χ2v) is 8.95. The Morgan fingerprint density at radius 2 is 1.39 bits per heavy atom. The van der Waals surface area contributed by atoms with Gasteiger partial charge in [-0.1, -0.05) is 54.6 Å². The van der Waals surface area contributed by atoms with Crippen molar-refractivity contribution in [3.63, 3.8) is 0 Å². The number of benzene rings is 2. The number of hydrogen-bond acceptors (Lipinski definition) is 6. The second-order valence-electron chi connectivity index (χ2n) is 8.09. The van der Waals surface area contributed by atoms with Crippen LogP contribution in [0.25, 0.3) is 32.9 Å². The lowest BCUT2D eigenvalue weighted by Gasteiger charge is -2.37. The molecule has 0 unspecified atom stereocenters. The van der Waals surface area contributed by atoms with E-state index in [9.17, 15) is 0 Å². The van der Waals surface area contributed by atoms with E-state index in [0.29, 0.717) is 5.82 Å². The van der Waals surface area contributed by atoms with E-state index in [4.69, 9.17) is 9.97 Å². The van der Waals surface area contributed by atoms with Crippen molar-refractivity contribution in [2.24, 2.45) is 0 Å². The Labute approximate surface area is 197 Å². The fourth-order valence-corrected chi connectivity index (χ4v) is 5.35. The van der Waals surface area contributed by atoms with Crippen LogP contribution in [0.4, 0.5) is 11.5 Å². The summed E-state index contributed by atoms with van der Waals surface area (Å²) in [5.74, 6) is 1.69. The Bertz CT molecular complexity index is 1360. The van der Waals surface area contributed by atoms with Crippen LogP contribution in [0.15, 0.2) is 90.4 Å². The monoisotopic (exact) mass is 449 g/mol. The van der Waals surface area contributed by atoms with Crippen molar-refractivity contribution in [3.8, 4) is 22.6 Å². The minimum Gasteiger partial charge on any atom is -0.368 e. The number of thiophene rings is 1. The minimum absolute atomic E-state index is 0.685. The SMILES string of the molecule is c1ccc(-c2csc3nc(-c4ccccn4)nc(N4CCN(c5ccccc5)CC4)c23)cc1. The third-order valence-electron chi connectivity index (χ3n) is 6.09. The average molecular weight is 450 g/mol. The first-order chi connectivity index (χ1) is 16.4. The van der Waals surface area contributed by atoms with Gasteiger partial charge in [0.2, 0.25) is 0 Å². The summed E-state index contributed by atoms with van der Waals surface area (Å²) in [4.78, 5) is 20.4. The Kier molecular flexibility index (Phi) is 5.20.